The number of ketones is 1. The van der Waals surface area contributed by atoms with Gasteiger partial charge in [-0.25, -0.2) is 0 Å². The van der Waals surface area contributed by atoms with E-state index in [1.165, 1.54) is 0 Å². The van der Waals surface area contributed by atoms with Crippen LogP contribution in [-0.2, 0) is 20.8 Å². The molecule has 0 unspecified atom stereocenters. The first-order valence-electron chi connectivity index (χ1n) is 16.4. The Hall–Kier alpha value is -3.98. The van der Waals surface area contributed by atoms with Crippen LogP contribution in [0.5, 0.6) is 0 Å². The van der Waals surface area contributed by atoms with Crippen LogP contribution in [-0.4, -0.2) is 56.7 Å². The van der Waals surface area contributed by atoms with Gasteiger partial charge in [0.25, 0.3) is 5.91 Å². The van der Waals surface area contributed by atoms with Gasteiger partial charge in [-0.05, 0) is 37.3 Å². The molecule has 0 spiro atoms. The van der Waals surface area contributed by atoms with Crippen LogP contribution in [0.3, 0.4) is 0 Å². The Morgan fingerprint density at radius 3 is 2.22 bits per heavy atom. The van der Waals surface area contributed by atoms with Crippen molar-refractivity contribution in [3.63, 3.8) is 0 Å². The second kappa shape index (κ2) is 17.5. The maximum atomic E-state index is 14.8. The van der Waals surface area contributed by atoms with E-state index in [1.54, 1.807) is 4.90 Å². The van der Waals surface area contributed by atoms with E-state index in [0.29, 0.717) is 42.5 Å². The summed E-state index contributed by atoms with van der Waals surface area (Å²) >= 11 is 0. The molecule has 2 aromatic carbocycles. The van der Waals surface area contributed by atoms with Gasteiger partial charge in [-0.15, -0.1) is 0 Å². The quantitative estimate of drug-likeness (QED) is 0.0639. The third-order valence-electron chi connectivity index (χ3n) is 8.52. The second-order valence-corrected chi connectivity index (χ2v) is 12.1. The van der Waals surface area contributed by atoms with Gasteiger partial charge in [-0.3, -0.25) is 19.2 Å². The van der Waals surface area contributed by atoms with Gasteiger partial charge in [-0.1, -0.05) is 101 Å². The van der Waals surface area contributed by atoms with Gasteiger partial charge in [0.05, 0.1) is 0 Å². The fourth-order valence-electron chi connectivity index (χ4n) is 6.09. The Morgan fingerprint density at radius 1 is 0.889 bits per heavy atom. The maximum absolute atomic E-state index is 14.8. The molecule has 0 bridgehead atoms. The Morgan fingerprint density at radius 2 is 1.56 bits per heavy atom. The number of unbranched alkanes of at least 4 members (excludes halogenated alkanes) is 5. The number of carbonyl (C=O) groups excluding carboxylic acids is 3. The predicted molar refractivity (Wildman–Crippen MR) is 178 cm³/mol. The number of amides is 2. The molecule has 0 saturated heterocycles. The van der Waals surface area contributed by atoms with Crippen molar-refractivity contribution in [3.8, 4) is 0 Å². The van der Waals surface area contributed by atoms with Crippen molar-refractivity contribution < 1.29 is 24.3 Å². The van der Waals surface area contributed by atoms with Gasteiger partial charge in [0.1, 0.15) is 0 Å². The van der Waals surface area contributed by atoms with Gasteiger partial charge in [0.15, 0.2) is 11.3 Å². The van der Waals surface area contributed by atoms with Gasteiger partial charge in [-0.2, -0.15) is 0 Å². The molecule has 0 fully saturated rings. The molecule has 0 aliphatic heterocycles. The molecular formula is C36H50N4O5. The zero-order valence-corrected chi connectivity index (χ0v) is 26.9. The molecule has 9 heteroatoms. The SMILES string of the molecule is CCCCCC[C@@H](CC(N)=O)N(CCCCC)C(=O)[C@](N)(CCCC(=O)O)C(=O)c1c(Cc2ccccc2)[nH]c2ccccc12. The van der Waals surface area contributed by atoms with Crippen LogP contribution in [0.1, 0.15) is 113 Å². The normalized spacial score (nSPS) is 13.3. The lowest BCUT2D eigenvalue weighted by atomic mass is 9.81. The molecule has 244 valence electrons. The maximum Gasteiger partial charge on any atom is 0.303 e. The number of carboxylic acids is 1. The predicted octanol–water partition coefficient (Wildman–Crippen LogP) is 6.13. The molecule has 3 rings (SSSR count). The number of benzene rings is 2. The number of H-pyrrole nitrogens is 1. The lowest BCUT2D eigenvalue weighted by Crippen LogP contribution is -2.62. The fraction of sp³-hybridized carbons (Fsp3) is 0.500. The highest BCUT2D eigenvalue weighted by molar-refractivity contribution is 6.23. The van der Waals surface area contributed by atoms with Gasteiger partial charge in [0, 0.05) is 54.0 Å². The largest absolute Gasteiger partial charge is 0.481 e. The Kier molecular flexibility index (Phi) is 13.8. The average Bonchev–Trinajstić information content (AvgIpc) is 3.37. The Labute approximate surface area is 266 Å². The Bertz CT molecular complexity index is 1420. The molecule has 1 aromatic heterocycles. The van der Waals surface area contributed by atoms with E-state index in [-0.39, 0.29) is 25.7 Å². The van der Waals surface area contributed by atoms with E-state index >= 15 is 0 Å². The number of hydrogen-bond donors (Lipinski definition) is 4. The lowest BCUT2D eigenvalue weighted by molar-refractivity contribution is -0.140. The standard InChI is InChI=1S/C36H50N4O5/c1-3-5-7-11-18-27(25-31(37)41)40(23-14-6-4-2)35(45)36(38,22-15-21-32(42)43)34(44)33-28-19-12-13-20-29(28)39-30(33)24-26-16-9-8-10-17-26/h8-10,12-13,16-17,19-20,27,39H,3-7,11,14-15,18,21-25,38H2,1-2H3,(H2,37,41)(H,42,43)/t27-,36-/m0/s1. The first-order chi connectivity index (χ1) is 21.6. The molecule has 0 aliphatic rings. The van der Waals surface area contributed by atoms with Crippen molar-refractivity contribution in [3.05, 3.63) is 71.4 Å². The summed E-state index contributed by atoms with van der Waals surface area (Å²) in [7, 11) is 0. The Balaban J connectivity index is 2.12. The van der Waals surface area contributed by atoms with Crippen molar-refractivity contribution in [2.75, 3.05) is 6.54 Å². The number of rotatable bonds is 21. The lowest BCUT2D eigenvalue weighted by Gasteiger charge is -2.38. The average molecular weight is 619 g/mol. The number of carbonyl (C=O) groups is 4. The summed E-state index contributed by atoms with van der Waals surface area (Å²) in [5.74, 6) is -2.68. The van der Waals surface area contributed by atoms with Crippen molar-refractivity contribution in [2.24, 2.45) is 11.5 Å². The van der Waals surface area contributed by atoms with Crippen LogP contribution in [0.4, 0.5) is 0 Å². The first-order valence-corrected chi connectivity index (χ1v) is 16.4. The highest BCUT2D eigenvalue weighted by Gasteiger charge is 2.47. The molecule has 2 amide bonds. The number of aliphatic carboxylic acids is 1. The molecule has 9 nitrogen and oxygen atoms in total. The minimum Gasteiger partial charge on any atom is -0.481 e. The van der Waals surface area contributed by atoms with Crippen LogP contribution >= 0.6 is 0 Å². The van der Waals surface area contributed by atoms with Crippen LogP contribution in [0.2, 0.25) is 0 Å². The number of aromatic amines is 1. The second-order valence-electron chi connectivity index (χ2n) is 12.1. The summed E-state index contributed by atoms with van der Waals surface area (Å²) in [4.78, 5) is 58.3. The van der Waals surface area contributed by atoms with E-state index in [4.69, 9.17) is 11.5 Å². The number of hydrogen-bond acceptors (Lipinski definition) is 5. The van der Waals surface area contributed by atoms with Gasteiger partial charge in [0.2, 0.25) is 5.91 Å². The minimum atomic E-state index is -2.04. The molecule has 0 saturated carbocycles. The molecule has 3 aromatic rings. The van der Waals surface area contributed by atoms with E-state index < -0.39 is 35.1 Å². The first kappa shape index (κ1) is 35.5. The molecule has 0 radical (unpaired) electrons. The number of aromatic nitrogens is 1. The molecule has 0 aliphatic carbocycles. The molecule has 1 heterocycles. The number of primary amides is 1. The highest BCUT2D eigenvalue weighted by Crippen LogP contribution is 2.32. The van der Waals surface area contributed by atoms with Crippen molar-refractivity contribution in [1.82, 2.24) is 9.88 Å². The molecule has 6 N–H and O–H groups in total. The molecule has 45 heavy (non-hydrogen) atoms. The van der Waals surface area contributed by atoms with Gasteiger partial charge < -0.3 is 26.5 Å². The summed E-state index contributed by atoms with van der Waals surface area (Å²) < 4.78 is 0. The van der Waals surface area contributed by atoms with Crippen molar-refractivity contribution >= 4 is 34.5 Å². The van der Waals surface area contributed by atoms with E-state index in [2.05, 4.69) is 18.8 Å². The number of nitrogens with one attached hydrogen (secondary N) is 1. The topological polar surface area (TPSA) is 160 Å². The smallest absolute Gasteiger partial charge is 0.303 e. The summed E-state index contributed by atoms with van der Waals surface area (Å²) in [6, 6.07) is 16.6. The van der Waals surface area contributed by atoms with Gasteiger partial charge >= 0.3 is 5.97 Å². The van der Waals surface area contributed by atoms with Crippen LogP contribution < -0.4 is 11.5 Å². The molecular weight excluding hydrogens is 568 g/mol. The number of para-hydroxylation sites is 1. The summed E-state index contributed by atoms with van der Waals surface area (Å²) in [5, 5.41) is 10.1. The number of carboxylic acid groups (broad SMARTS) is 1. The van der Waals surface area contributed by atoms with Crippen LogP contribution in [0.15, 0.2) is 54.6 Å². The van der Waals surface area contributed by atoms with Crippen molar-refractivity contribution in [1.29, 1.82) is 0 Å². The number of nitrogens with zero attached hydrogens (tertiary/aromatic N) is 1. The highest BCUT2D eigenvalue weighted by atomic mass is 16.4. The molecule has 2 atom stereocenters. The van der Waals surface area contributed by atoms with Crippen LogP contribution in [0.25, 0.3) is 10.9 Å². The number of Topliss-reactive ketones (excluding diaryl/α,β-unsaturated/α-hetero) is 1. The van der Waals surface area contributed by atoms with Crippen LogP contribution in [0, 0.1) is 0 Å². The summed E-state index contributed by atoms with van der Waals surface area (Å²) in [6.45, 7) is 4.50. The third kappa shape index (κ3) is 9.75. The van der Waals surface area contributed by atoms with Crippen molar-refractivity contribution in [2.45, 2.75) is 109 Å². The zero-order valence-electron chi connectivity index (χ0n) is 26.9. The van der Waals surface area contributed by atoms with E-state index in [0.717, 1.165) is 49.6 Å². The van der Waals surface area contributed by atoms with E-state index in [9.17, 15) is 24.3 Å². The fourth-order valence-corrected chi connectivity index (χ4v) is 6.09. The number of fused-ring (bicyclic) bond motifs is 1. The minimum absolute atomic E-state index is 0.0320. The zero-order chi connectivity index (χ0) is 32.8. The third-order valence-corrected chi connectivity index (χ3v) is 8.52. The summed E-state index contributed by atoms with van der Waals surface area (Å²) in [5.41, 5.74) is 13.3. The number of nitrogens with two attached hydrogens (primary N) is 2. The summed E-state index contributed by atoms with van der Waals surface area (Å²) in [6.07, 6.45) is 6.89. The monoisotopic (exact) mass is 618 g/mol. The van der Waals surface area contributed by atoms with E-state index in [1.807, 2.05) is 54.6 Å².